The van der Waals surface area contributed by atoms with Gasteiger partial charge in [0.05, 0.1) is 24.6 Å². The van der Waals surface area contributed by atoms with Crippen molar-refractivity contribution in [3.05, 3.63) is 89.0 Å². The van der Waals surface area contributed by atoms with Gasteiger partial charge in [-0.2, -0.15) is 0 Å². The van der Waals surface area contributed by atoms with Crippen LogP contribution in [0.3, 0.4) is 0 Å². The Kier molecular flexibility index (Phi) is 5.96. The van der Waals surface area contributed by atoms with Crippen molar-refractivity contribution in [2.24, 2.45) is 0 Å². The zero-order valence-electron chi connectivity index (χ0n) is 16.8. The van der Waals surface area contributed by atoms with Gasteiger partial charge in [0.25, 0.3) is 0 Å². The lowest BCUT2D eigenvalue weighted by atomic mass is 10.2. The number of phenolic OH excluding ortho intramolecular Hbond substituents is 1. The third-order valence-electron chi connectivity index (χ3n) is 5.40. The monoisotopic (exact) mass is 419 g/mol. The maximum Gasteiger partial charge on any atom is 0.240 e. The Bertz CT molecular complexity index is 1140. The minimum Gasteiger partial charge on any atom is -0.508 e. The Balaban J connectivity index is 1.35. The number of nitrogens with one attached hydrogen (secondary N) is 1. The first-order valence-electron chi connectivity index (χ1n) is 9.98. The van der Waals surface area contributed by atoms with Gasteiger partial charge in [-0.25, -0.2) is 14.2 Å². The van der Waals surface area contributed by atoms with Crippen LogP contribution < -0.4 is 5.32 Å². The first-order valence-corrected chi connectivity index (χ1v) is 9.98. The SMILES string of the molecule is [C-]#[N+]c1ccc(Cn2cncc2CN[C@@H]2CCN(Cc3cccc(O)c3)C2=O)cc1F. The van der Waals surface area contributed by atoms with Crippen molar-refractivity contribution in [3.63, 3.8) is 0 Å². The molecule has 1 aromatic heterocycles. The predicted octanol–water partition coefficient (Wildman–Crippen LogP) is 3.22. The molecule has 1 aliphatic rings. The molecule has 0 unspecified atom stereocenters. The molecule has 2 aromatic carbocycles. The molecule has 2 N–H and O–H groups in total. The van der Waals surface area contributed by atoms with Crippen LogP contribution in [0.25, 0.3) is 4.85 Å². The van der Waals surface area contributed by atoms with Crippen molar-refractivity contribution in [2.45, 2.75) is 32.1 Å². The van der Waals surface area contributed by atoms with E-state index in [-0.39, 0.29) is 23.4 Å². The molecule has 2 heterocycles. The van der Waals surface area contributed by atoms with E-state index in [4.69, 9.17) is 6.57 Å². The number of imidazole rings is 1. The molecule has 0 aliphatic carbocycles. The van der Waals surface area contributed by atoms with E-state index in [1.54, 1.807) is 41.7 Å². The maximum absolute atomic E-state index is 13.9. The van der Waals surface area contributed by atoms with Crippen LogP contribution in [0.2, 0.25) is 0 Å². The normalized spacial score (nSPS) is 15.9. The summed E-state index contributed by atoms with van der Waals surface area (Å²) in [7, 11) is 0. The molecule has 1 aliphatic heterocycles. The fourth-order valence-electron chi connectivity index (χ4n) is 3.76. The Morgan fingerprint density at radius 1 is 1.23 bits per heavy atom. The molecule has 0 spiro atoms. The van der Waals surface area contributed by atoms with E-state index < -0.39 is 5.82 Å². The molecule has 0 saturated carbocycles. The van der Waals surface area contributed by atoms with E-state index in [0.29, 0.717) is 32.6 Å². The maximum atomic E-state index is 13.9. The molecule has 4 rings (SSSR count). The summed E-state index contributed by atoms with van der Waals surface area (Å²) in [5.74, 6) is -0.308. The summed E-state index contributed by atoms with van der Waals surface area (Å²) in [4.78, 5) is 21.8. The molecule has 0 bridgehead atoms. The number of carbonyl (C=O) groups excluding carboxylic acids is 1. The highest BCUT2D eigenvalue weighted by atomic mass is 19.1. The van der Waals surface area contributed by atoms with Crippen LogP contribution in [-0.2, 0) is 24.4 Å². The first-order chi connectivity index (χ1) is 15.0. The van der Waals surface area contributed by atoms with Gasteiger partial charge >= 0.3 is 0 Å². The number of phenols is 1. The summed E-state index contributed by atoms with van der Waals surface area (Å²) in [6, 6.07) is 11.2. The van der Waals surface area contributed by atoms with Gasteiger partial charge in [-0.15, -0.1) is 0 Å². The first kappa shape index (κ1) is 20.6. The van der Waals surface area contributed by atoms with Crippen molar-refractivity contribution in [1.29, 1.82) is 0 Å². The predicted molar refractivity (Wildman–Crippen MR) is 113 cm³/mol. The van der Waals surface area contributed by atoms with E-state index in [0.717, 1.165) is 16.8 Å². The van der Waals surface area contributed by atoms with Gasteiger partial charge in [0, 0.05) is 32.4 Å². The second-order valence-electron chi connectivity index (χ2n) is 7.56. The van der Waals surface area contributed by atoms with Crippen LogP contribution >= 0.6 is 0 Å². The lowest BCUT2D eigenvalue weighted by Gasteiger charge is -2.17. The molecular weight excluding hydrogens is 397 g/mol. The molecule has 1 fully saturated rings. The number of rotatable bonds is 7. The summed E-state index contributed by atoms with van der Waals surface area (Å²) in [6.07, 6.45) is 4.10. The van der Waals surface area contributed by atoms with Crippen molar-refractivity contribution in [3.8, 4) is 5.75 Å². The third-order valence-corrected chi connectivity index (χ3v) is 5.40. The van der Waals surface area contributed by atoms with Crippen LogP contribution in [0.5, 0.6) is 5.75 Å². The number of halogens is 1. The highest BCUT2D eigenvalue weighted by Crippen LogP contribution is 2.20. The molecule has 1 saturated heterocycles. The molecule has 31 heavy (non-hydrogen) atoms. The summed E-state index contributed by atoms with van der Waals surface area (Å²) >= 11 is 0. The van der Waals surface area contributed by atoms with Crippen LogP contribution in [-0.4, -0.2) is 38.1 Å². The standard InChI is InChI=1S/C23H22FN5O2/c1-25-21-6-5-17(10-20(21)24)14-29-15-26-11-18(29)12-27-22-7-8-28(23(22)31)13-16-3-2-4-19(30)9-16/h2-6,9-11,15,22,27,30H,7-8,12-14H2/t22-/m1/s1. The Labute approximate surface area is 179 Å². The zero-order chi connectivity index (χ0) is 21.8. The number of aromatic nitrogens is 2. The largest absolute Gasteiger partial charge is 0.508 e. The summed E-state index contributed by atoms with van der Waals surface area (Å²) in [5.41, 5.74) is 2.52. The Hall–Kier alpha value is -3.70. The fraction of sp³-hybridized carbons (Fsp3) is 0.261. The van der Waals surface area contributed by atoms with Crippen LogP contribution in [0.1, 0.15) is 23.2 Å². The third kappa shape index (κ3) is 4.73. The van der Waals surface area contributed by atoms with Crippen molar-refractivity contribution >= 4 is 11.6 Å². The van der Waals surface area contributed by atoms with E-state index in [9.17, 15) is 14.3 Å². The highest BCUT2D eigenvalue weighted by molar-refractivity contribution is 5.84. The van der Waals surface area contributed by atoms with Crippen molar-refractivity contribution in [2.75, 3.05) is 6.54 Å². The van der Waals surface area contributed by atoms with E-state index >= 15 is 0 Å². The van der Waals surface area contributed by atoms with E-state index in [1.807, 2.05) is 10.6 Å². The smallest absolute Gasteiger partial charge is 0.240 e. The average molecular weight is 419 g/mol. The van der Waals surface area contributed by atoms with Gasteiger partial charge in [0.15, 0.2) is 0 Å². The molecule has 8 heteroatoms. The Morgan fingerprint density at radius 2 is 2.06 bits per heavy atom. The summed E-state index contributed by atoms with van der Waals surface area (Å²) < 4.78 is 15.8. The van der Waals surface area contributed by atoms with Crippen LogP contribution in [0, 0.1) is 12.4 Å². The second-order valence-corrected chi connectivity index (χ2v) is 7.56. The van der Waals surface area contributed by atoms with Crippen LogP contribution in [0.4, 0.5) is 10.1 Å². The number of amides is 1. The van der Waals surface area contributed by atoms with Gasteiger partial charge in [0.1, 0.15) is 11.6 Å². The topological polar surface area (TPSA) is 74.8 Å². The quantitative estimate of drug-likeness (QED) is 0.577. The van der Waals surface area contributed by atoms with Gasteiger partial charge in [-0.1, -0.05) is 24.3 Å². The minimum atomic E-state index is -0.532. The molecule has 1 atom stereocenters. The fourth-order valence-corrected chi connectivity index (χ4v) is 3.76. The number of hydrogen-bond donors (Lipinski definition) is 2. The Morgan fingerprint density at radius 3 is 2.84 bits per heavy atom. The summed E-state index contributed by atoms with van der Waals surface area (Å²) in [6.45, 7) is 8.95. The van der Waals surface area contributed by atoms with E-state index in [1.165, 1.54) is 12.1 Å². The lowest BCUT2D eigenvalue weighted by Crippen LogP contribution is -2.38. The zero-order valence-corrected chi connectivity index (χ0v) is 16.8. The number of nitrogens with zero attached hydrogens (tertiary/aromatic N) is 4. The minimum absolute atomic E-state index is 0.00582. The lowest BCUT2D eigenvalue weighted by molar-refractivity contribution is -0.129. The van der Waals surface area contributed by atoms with Gasteiger partial charge < -0.3 is 19.9 Å². The number of hydrogen-bond acceptors (Lipinski definition) is 4. The number of carbonyl (C=O) groups is 1. The van der Waals surface area contributed by atoms with E-state index in [2.05, 4.69) is 15.1 Å². The van der Waals surface area contributed by atoms with Crippen molar-refractivity contribution in [1.82, 2.24) is 19.8 Å². The molecule has 7 nitrogen and oxygen atoms in total. The molecule has 1 amide bonds. The average Bonchev–Trinajstić information content (AvgIpc) is 3.33. The highest BCUT2D eigenvalue weighted by Gasteiger charge is 2.31. The van der Waals surface area contributed by atoms with Crippen LogP contribution in [0.15, 0.2) is 55.0 Å². The molecule has 158 valence electrons. The number of likely N-dealkylation sites (tertiary alicyclic amines) is 1. The molecule has 0 radical (unpaired) electrons. The van der Waals surface area contributed by atoms with Crippen molar-refractivity contribution < 1.29 is 14.3 Å². The molecule has 3 aromatic rings. The van der Waals surface area contributed by atoms with Gasteiger partial charge in [0.2, 0.25) is 11.6 Å². The van der Waals surface area contributed by atoms with Gasteiger partial charge in [-0.05, 0) is 35.7 Å². The number of aromatic hydroxyl groups is 1. The van der Waals surface area contributed by atoms with Gasteiger partial charge in [-0.3, -0.25) is 4.79 Å². The number of benzene rings is 2. The summed E-state index contributed by atoms with van der Waals surface area (Å²) in [5, 5.41) is 12.9. The second kappa shape index (κ2) is 8.98. The molecular formula is C23H22FN5O2.